The van der Waals surface area contributed by atoms with Gasteiger partial charge < -0.3 is 26.0 Å². The van der Waals surface area contributed by atoms with Crippen molar-refractivity contribution in [3.8, 4) is 0 Å². The molecule has 11 heteroatoms. The molecule has 0 aliphatic carbocycles. The highest BCUT2D eigenvalue weighted by molar-refractivity contribution is 6.31. The number of nitrogens with zero attached hydrogens (tertiary/aromatic N) is 1. The first kappa shape index (κ1) is 31.1. The van der Waals surface area contributed by atoms with Gasteiger partial charge in [0.15, 0.2) is 0 Å². The molecule has 1 spiro atoms. The number of piperidine rings is 1. The van der Waals surface area contributed by atoms with Gasteiger partial charge in [-0.2, -0.15) is 0 Å². The van der Waals surface area contributed by atoms with Gasteiger partial charge in [-0.3, -0.25) is 9.59 Å². The Morgan fingerprint density at radius 1 is 1.12 bits per heavy atom. The number of anilines is 1. The molecule has 0 aromatic heterocycles. The molecule has 4 N–H and O–H groups in total. The number of carbonyl (C=O) groups excluding carboxylic acids is 2. The van der Waals surface area contributed by atoms with Crippen molar-refractivity contribution in [2.45, 2.75) is 63.5 Å². The number of carbonyl (C=O) groups is 2. The van der Waals surface area contributed by atoms with Crippen LogP contribution >= 0.6 is 23.2 Å². The smallest absolute Gasteiger partial charge is 0.237 e. The summed E-state index contributed by atoms with van der Waals surface area (Å²) in [7, 11) is 0. The lowest BCUT2D eigenvalue weighted by Gasteiger charge is -2.37. The molecule has 7 nitrogen and oxygen atoms in total. The molecule has 2 amide bonds. The lowest BCUT2D eigenvalue weighted by Crippen LogP contribution is -2.49. The first-order valence-electron chi connectivity index (χ1n) is 14.5. The molecule has 0 radical (unpaired) electrons. The summed E-state index contributed by atoms with van der Waals surface area (Å²) in [5.74, 6) is -2.49. The van der Waals surface area contributed by atoms with Crippen molar-refractivity contribution in [1.29, 1.82) is 0 Å². The Labute approximate surface area is 255 Å². The standard InChI is InChI=1S/C31H38Cl2F2N4O3/c1-30(2,3)15-25-31(19-13-23(35)21(33)14-24(19)37-29(31)42)26(18-4-5-22(34)20(32)12-18)27(38-25)28(41)36-8-11-39-9-6-17(16-40)7-10-39/h4-5,12-14,17,25-27,38,40H,6-11,15-16H2,1-3H3,(H,36,41)(H,37,42)/t25-,26+,27-,31+/m1/s1. The van der Waals surface area contributed by atoms with E-state index in [2.05, 4.69) is 20.9 Å². The summed E-state index contributed by atoms with van der Waals surface area (Å²) in [6.07, 6.45) is 2.31. The van der Waals surface area contributed by atoms with Gasteiger partial charge in [0.1, 0.15) is 17.0 Å². The van der Waals surface area contributed by atoms with Gasteiger partial charge in [-0.05, 0) is 79.1 Å². The number of benzene rings is 2. The molecular formula is C31H38Cl2F2N4O3. The maximum atomic E-state index is 15.0. The van der Waals surface area contributed by atoms with Crippen LogP contribution in [0.15, 0.2) is 30.3 Å². The van der Waals surface area contributed by atoms with Gasteiger partial charge in [0.2, 0.25) is 11.8 Å². The highest BCUT2D eigenvalue weighted by Gasteiger charge is 2.66. The molecule has 4 atom stereocenters. The zero-order valence-corrected chi connectivity index (χ0v) is 25.6. The van der Waals surface area contributed by atoms with Crippen molar-refractivity contribution >= 4 is 40.7 Å². The maximum absolute atomic E-state index is 15.0. The number of halogens is 4. The molecule has 2 aromatic carbocycles. The lowest BCUT2D eigenvalue weighted by atomic mass is 9.62. The van der Waals surface area contributed by atoms with Gasteiger partial charge in [0, 0.05) is 37.3 Å². The summed E-state index contributed by atoms with van der Waals surface area (Å²) in [6.45, 7) is 9.04. The van der Waals surface area contributed by atoms with Crippen molar-refractivity contribution in [2.75, 3.05) is 38.1 Å². The lowest BCUT2D eigenvalue weighted by molar-refractivity contribution is -0.123. The van der Waals surface area contributed by atoms with E-state index in [9.17, 15) is 19.1 Å². The molecule has 42 heavy (non-hydrogen) atoms. The molecular weight excluding hydrogens is 585 g/mol. The van der Waals surface area contributed by atoms with Crippen molar-refractivity contribution < 1.29 is 23.5 Å². The number of aliphatic hydroxyl groups is 1. The van der Waals surface area contributed by atoms with Crippen LogP contribution in [0.4, 0.5) is 14.5 Å². The van der Waals surface area contributed by atoms with Gasteiger partial charge in [-0.1, -0.05) is 50.0 Å². The normalized spacial score (nSPS) is 26.5. The summed E-state index contributed by atoms with van der Waals surface area (Å²) < 4.78 is 29.4. The average molecular weight is 624 g/mol. The zero-order chi connectivity index (χ0) is 30.4. The fourth-order valence-corrected chi connectivity index (χ4v) is 7.33. The molecule has 3 aliphatic rings. The number of aliphatic hydroxyl groups excluding tert-OH is 1. The summed E-state index contributed by atoms with van der Waals surface area (Å²) in [4.78, 5) is 30.4. The highest BCUT2D eigenvalue weighted by atomic mass is 35.5. The molecule has 2 aromatic rings. The quantitative estimate of drug-likeness (QED) is 0.354. The van der Waals surface area contributed by atoms with Crippen LogP contribution < -0.4 is 16.0 Å². The first-order valence-corrected chi connectivity index (χ1v) is 15.2. The second-order valence-electron chi connectivity index (χ2n) is 13.0. The van der Waals surface area contributed by atoms with Gasteiger partial charge in [0.25, 0.3) is 0 Å². The number of likely N-dealkylation sites (tertiary alicyclic amines) is 1. The summed E-state index contributed by atoms with van der Waals surface area (Å²) >= 11 is 12.3. The van der Waals surface area contributed by atoms with Crippen LogP contribution in [0.2, 0.25) is 10.0 Å². The van der Waals surface area contributed by atoms with Crippen LogP contribution in [0.3, 0.4) is 0 Å². The minimum absolute atomic E-state index is 0.122. The molecule has 0 saturated carbocycles. The SMILES string of the molecule is CC(C)(C)C[C@H]1N[C@@H](C(=O)NCCN2CCC(CO)CC2)[C@H](c2ccc(F)c(Cl)c2)[C@@]12C(=O)Nc1cc(Cl)c(F)cc12. The van der Waals surface area contributed by atoms with E-state index in [1.165, 1.54) is 30.3 Å². The summed E-state index contributed by atoms with van der Waals surface area (Å²) in [6, 6.07) is 5.43. The van der Waals surface area contributed by atoms with E-state index in [-0.39, 0.29) is 33.9 Å². The van der Waals surface area contributed by atoms with E-state index < -0.39 is 35.1 Å². The predicted octanol–water partition coefficient (Wildman–Crippen LogP) is 4.84. The van der Waals surface area contributed by atoms with E-state index in [1.807, 2.05) is 20.8 Å². The van der Waals surface area contributed by atoms with E-state index in [4.69, 9.17) is 23.2 Å². The molecule has 3 heterocycles. The molecule has 0 bridgehead atoms. The monoisotopic (exact) mass is 622 g/mol. The summed E-state index contributed by atoms with van der Waals surface area (Å²) in [5, 5.41) is 18.6. The van der Waals surface area contributed by atoms with Gasteiger partial charge >= 0.3 is 0 Å². The van der Waals surface area contributed by atoms with Crippen LogP contribution in [0, 0.1) is 23.0 Å². The Morgan fingerprint density at radius 2 is 1.81 bits per heavy atom. The van der Waals surface area contributed by atoms with Gasteiger partial charge in [0.05, 0.1) is 16.1 Å². The maximum Gasteiger partial charge on any atom is 0.237 e. The predicted molar refractivity (Wildman–Crippen MR) is 160 cm³/mol. The number of hydrogen-bond donors (Lipinski definition) is 4. The van der Waals surface area contributed by atoms with Crippen LogP contribution in [0.25, 0.3) is 0 Å². The molecule has 0 unspecified atom stereocenters. The molecule has 5 rings (SSSR count). The summed E-state index contributed by atoms with van der Waals surface area (Å²) in [5.41, 5.74) is -0.379. The number of fused-ring (bicyclic) bond motifs is 2. The fraction of sp³-hybridized carbons (Fsp3) is 0.548. The Morgan fingerprint density at radius 3 is 2.45 bits per heavy atom. The minimum atomic E-state index is -1.40. The third-order valence-electron chi connectivity index (χ3n) is 8.98. The van der Waals surface area contributed by atoms with Crippen molar-refractivity contribution in [3.63, 3.8) is 0 Å². The highest BCUT2D eigenvalue weighted by Crippen LogP contribution is 2.57. The largest absolute Gasteiger partial charge is 0.396 e. The van der Waals surface area contributed by atoms with E-state index in [1.54, 1.807) is 0 Å². The Balaban J connectivity index is 1.53. The molecule has 2 fully saturated rings. The number of hydrogen-bond acceptors (Lipinski definition) is 5. The van der Waals surface area contributed by atoms with Crippen LogP contribution in [0.5, 0.6) is 0 Å². The fourth-order valence-electron chi connectivity index (χ4n) is 6.98. The van der Waals surface area contributed by atoms with Crippen LogP contribution in [-0.2, 0) is 15.0 Å². The molecule has 228 valence electrons. The van der Waals surface area contributed by atoms with Crippen molar-refractivity contribution in [3.05, 3.63) is 63.1 Å². The van der Waals surface area contributed by atoms with Crippen LogP contribution in [0.1, 0.15) is 57.1 Å². The topological polar surface area (TPSA) is 93.7 Å². The Hall–Kier alpha value is -2.30. The van der Waals surface area contributed by atoms with E-state index in [0.29, 0.717) is 42.2 Å². The Kier molecular flexibility index (Phi) is 8.90. The number of rotatable bonds is 7. The van der Waals surface area contributed by atoms with Gasteiger partial charge in [-0.25, -0.2) is 8.78 Å². The van der Waals surface area contributed by atoms with Crippen molar-refractivity contribution in [2.24, 2.45) is 11.3 Å². The second-order valence-corrected chi connectivity index (χ2v) is 13.8. The molecule has 2 saturated heterocycles. The second kappa shape index (κ2) is 12.0. The zero-order valence-electron chi connectivity index (χ0n) is 24.1. The van der Waals surface area contributed by atoms with E-state index in [0.717, 1.165) is 25.9 Å². The third-order valence-corrected chi connectivity index (χ3v) is 9.56. The number of nitrogens with one attached hydrogen (secondary N) is 3. The number of amides is 2. The van der Waals surface area contributed by atoms with Crippen LogP contribution in [-0.4, -0.2) is 66.7 Å². The Bertz CT molecular complexity index is 1360. The third kappa shape index (κ3) is 5.78. The van der Waals surface area contributed by atoms with E-state index >= 15 is 4.39 Å². The minimum Gasteiger partial charge on any atom is -0.396 e. The molecule has 3 aliphatic heterocycles. The average Bonchev–Trinajstić information content (AvgIpc) is 3.40. The van der Waals surface area contributed by atoms with Crippen molar-refractivity contribution in [1.82, 2.24) is 15.5 Å². The van der Waals surface area contributed by atoms with Gasteiger partial charge in [-0.15, -0.1) is 0 Å². The first-order chi connectivity index (χ1) is 19.8.